The van der Waals surface area contributed by atoms with Crippen molar-refractivity contribution >= 4 is 37.3 Å². The molecule has 0 saturated carbocycles. The van der Waals surface area contributed by atoms with Crippen LogP contribution in [0, 0.1) is 5.82 Å². The number of carbonyl (C=O) groups excluding carboxylic acids is 1. The van der Waals surface area contributed by atoms with Crippen molar-refractivity contribution in [1.82, 2.24) is 4.57 Å². The van der Waals surface area contributed by atoms with Crippen LogP contribution in [0.2, 0.25) is 0 Å². The topological polar surface area (TPSA) is 77.7 Å². The molecular formula is C20H21FN2O4S2. The van der Waals surface area contributed by atoms with Crippen molar-refractivity contribution in [3.63, 3.8) is 0 Å². The summed E-state index contributed by atoms with van der Waals surface area (Å²) in [7, 11) is -1.87. The molecule has 3 rings (SSSR count). The quantitative estimate of drug-likeness (QED) is 0.593. The van der Waals surface area contributed by atoms with Crippen molar-refractivity contribution in [3.8, 4) is 0 Å². The Balaban J connectivity index is 2.03. The van der Waals surface area contributed by atoms with Gasteiger partial charge in [0.1, 0.15) is 5.82 Å². The Morgan fingerprint density at radius 2 is 1.90 bits per heavy atom. The average molecular weight is 437 g/mol. The van der Waals surface area contributed by atoms with E-state index < -0.39 is 26.8 Å². The van der Waals surface area contributed by atoms with Crippen molar-refractivity contribution in [3.05, 3.63) is 58.6 Å². The van der Waals surface area contributed by atoms with Gasteiger partial charge in [-0.05, 0) is 50.2 Å². The van der Waals surface area contributed by atoms with Gasteiger partial charge < -0.3 is 9.30 Å². The fourth-order valence-corrected chi connectivity index (χ4v) is 4.90. The molecule has 1 amide bonds. The van der Waals surface area contributed by atoms with Crippen LogP contribution in [0.3, 0.4) is 0 Å². The zero-order chi connectivity index (χ0) is 21.2. The molecule has 0 saturated heterocycles. The minimum Gasteiger partial charge on any atom is -0.383 e. The summed E-state index contributed by atoms with van der Waals surface area (Å²) in [6.07, 6.45) is 0. The highest BCUT2D eigenvalue weighted by Gasteiger charge is 2.19. The predicted molar refractivity (Wildman–Crippen MR) is 110 cm³/mol. The number of benzene rings is 2. The third kappa shape index (κ3) is 4.31. The number of methoxy groups -OCH3 is 1. The molecule has 154 valence electrons. The van der Waals surface area contributed by atoms with Gasteiger partial charge in [-0.3, -0.25) is 4.79 Å². The van der Waals surface area contributed by atoms with E-state index in [1.54, 1.807) is 37.7 Å². The van der Waals surface area contributed by atoms with Gasteiger partial charge in [0.2, 0.25) is 0 Å². The van der Waals surface area contributed by atoms with Crippen molar-refractivity contribution in [1.29, 1.82) is 0 Å². The number of carbonyl (C=O) groups is 1. The maximum absolute atomic E-state index is 14.3. The molecule has 29 heavy (non-hydrogen) atoms. The maximum atomic E-state index is 14.3. The molecule has 0 aliphatic rings. The fourth-order valence-electron chi connectivity index (χ4n) is 2.77. The van der Waals surface area contributed by atoms with E-state index in [1.165, 1.54) is 41.7 Å². The Bertz CT molecular complexity index is 1210. The number of amides is 1. The minimum absolute atomic E-state index is 0.156. The van der Waals surface area contributed by atoms with Gasteiger partial charge in [0.15, 0.2) is 14.6 Å². The van der Waals surface area contributed by atoms with E-state index in [2.05, 4.69) is 4.99 Å². The van der Waals surface area contributed by atoms with Gasteiger partial charge in [0.25, 0.3) is 5.91 Å². The van der Waals surface area contributed by atoms with Gasteiger partial charge in [-0.2, -0.15) is 4.99 Å². The molecule has 0 bridgehead atoms. The molecule has 0 radical (unpaired) electrons. The Hall–Kier alpha value is -2.36. The monoisotopic (exact) mass is 436 g/mol. The van der Waals surface area contributed by atoms with Crippen LogP contribution in [0.1, 0.15) is 24.2 Å². The Labute approximate surface area is 172 Å². The highest BCUT2D eigenvalue weighted by Crippen LogP contribution is 2.21. The van der Waals surface area contributed by atoms with E-state index in [9.17, 15) is 17.6 Å². The van der Waals surface area contributed by atoms with Gasteiger partial charge in [-0.25, -0.2) is 12.8 Å². The van der Waals surface area contributed by atoms with E-state index in [1.807, 2.05) is 0 Å². The van der Waals surface area contributed by atoms with Gasteiger partial charge >= 0.3 is 0 Å². The lowest BCUT2D eigenvalue weighted by Crippen LogP contribution is -2.20. The average Bonchev–Trinajstić information content (AvgIpc) is 3.04. The summed E-state index contributed by atoms with van der Waals surface area (Å²) in [6.45, 7) is 3.88. The van der Waals surface area contributed by atoms with Gasteiger partial charge in [0.05, 0.1) is 27.0 Å². The lowest BCUT2D eigenvalue weighted by molar-refractivity contribution is 0.0997. The first-order valence-electron chi connectivity index (χ1n) is 8.95. The van der Waals surface area contributed by atoms with Crippen LogP contribution in [0.4, 0.5) is 4.39 Å². The largest absolute Gasteiger partial charge is 0.383 e. The fraction of sp³-hybridized carbons (Fsp3) is 0.300. The lowest BCUT2D eigenvalue weighted by Gasteiger charge is -2.07. The standard InChI is InChI=1S/C20H21FN2O4S2/c1-13(2)29(25,26)15-9-7-14(8-10-15)19(24)22-20-23(11-12-27-3)18-16(21)5-4-6-17(18)28-20/h4-10,13H,11-12H2,1-3H3. The highest BCUT2D eigenvalue weighted by atomic mass is 32.2. The zero-order valence-corrected chi connectivity index (χ0v) is 17.9. The number of sulfone groups is 1. The Morgan fingerprint density at radius 3 is 2.52 bits per heavy atom. The molecule has 0 N–H and O–H groups in total. The van der Waals surface area contributed by atoms with Crippen LogP contribution in [0.5, 0.6) is 0 Å². The maximum Gasteiger partial charge on any atom is 0.279 e. The molecule has 0 spiro atoms. The number of rotatable bonds is 6. The first-order chi connectivity index (χ1) is 13.8. The molecule has 1 aromatic heterocycles. The SMILES string of the molecule is COCCn1c(=NC(=O)c2ccc(S(=O)(=O)C(C)C)cc2)sc2cccc(F)c21. The van der Waals surface area contributed by atoms with E-state index in [0.29, 0.717) is 28.2 Å². The summed E-state index contributed by atoms with van der Waals surface area (Å²) in [5, 5.41) is -0.554. The summed E-state index contributed by atoms with van der Waals surface area (Å²) in [5.74, 6) is -0.927. The summed E-state index contributed by atoms with van der Waals surface area (Å²) in [5.41, 5.74) is 0.628. The van der Waals surface area contributed by atoms with E-state index >= 15 is 0 Å². The summed E-state index contributed by atoms with van der Waals surface area (Å²) in [6, 6.07) is 10.4. The number of thiazole rings is 1. The Kier molecular flexibility index (Phi) is 6.30. The molecule has 0 aliphatic heterocycles. The number of hydrogen-bond acceptors (Lipinski definition) is 5. The second kappa shape index (κ2) is 8.56. The first kappa shape index (κ1) is 21.4. The van der Waals surface area contributed by atoms with Crippen LogP contribution in [0.25, 0.3) is 10.2 Å². The third-order valence-electron chi connectivity index (χ3n) is 4.42. The third-order valence-corrected chi connectivity index (χ3v) is 7.63. The zero-order valence-electron chi connectivity index (χ0n) is 16.3. The van der Waals surface area contributed by atoms with Crippen molar-refractivity contribution in [2.45, 2.75) is 30.5 Å². The van der Waals surface area contributed by atoms with Crippen LogP contribution < -0.4 is 4.80 Å². The van der Waals surface area contributed by atoms with E-state index in [4.69, 9.17) is 4.74 Å². The second-order valence-corrected chi connectivity index (χ2v) is 10.2. The van der Waals surface area contributed by atoms with Crippen LogP contribution >= 0.6 is 11.3 Å². The smallest absolute Gasteiger partial charge is 0.279 e. The number of aromatic nitrogens is 1. The van der Waals surface area contributed by atoms with Gasteiger partial charge in [0, 0.05) is 19.2 Å². The predicted octanol–water partition coefficient (Wildman–Crippen LogP) is 3.41. The van der Waals surface area contributed by atoms with Gasteiger partial charge in [-0.15, -0.1) is 0 Å². The molecule has 0 unspecified atom stereocenters. The Morgan fingerprint density at radius 1 is 1.21 bits per heavy atom. The molecule has 9 heteroatoms. The summed E-state index contributed by atoms with van der Waals surface area (Å²) >= 11 is 1.21. The van der Waals surface area contributed by atoms with Crippen LogP contribution in [-0.4, -0.2) is 37.9 Å². The number of halogens is 1. The molecular weight excluding hydrogens is 415 g/mol. The molecule has 0 aliphatic carbocycles. The molecule has 2 aromatic carbocycles. The summed E-state index contributed by atoms with van der Waals surface area (Å²) < 4.78 is 46.2. The van der Waals surface area contributed by atoms with E-state index in [0.717, 1.165) is 0 Å². The molecule has 1 heterocycles. The number of hydrogen-bond donors (Lipinski definition) is 0. The number of nitrogens with zero attached hydrogens (tertiary/aromatic N) is 2. The van der Waals surface area contributed by atoms with Crippen LogP contribution in [-0.2, 0) is 21.1 Å². The van der Waals surface area contributed by atoms with Crippen molar-refractivity contribution in [2.24, 2.45) is 4.99 Å². The highest BCUT2D eigenvalue weighted by molar-refractivity contribution is 7.92. The number of fused-ring (bicyclic) bond motifs is 1. The summed E-state index contributed by atoms with van der Waals surface area (Å²) in [4.78, 5) is 17.3. The molecule has 3 aromatic rings. The normalized spacial score (nSPS) is 12.8. The molecule has 0 atom stereocenters. The minimum atomic E-state index is -3.42. The lowest BCUT2D eigenvalue weighted by atomic mass is 10.2. The van der Waals surface area contributed by atoms with Crippen LogP contribution in [0.15, 0.2) is 52.4 Å². The first-order valence-corrected chi connectivity index (χ1v) is 11.3. The van der Waals surface area contributed by atoms with Gasteiger partial charge in [-0.1, -0.05) is 17.4 Å². The van der Waals surface area contributed by atoms with Crippen molar-refractivity contribution < 1.29 is 22.3 Å². The molecule has 0 fully saturated rings. The second-order valence-electron chi connectivity index (χ2n) is 6.65. The molecule has 6 nitrogen and oxygen atoms in total. The van der Waals surface area contributed by atoms with E-state index in [-0.39, 0.29) is 10.5 Å². The number of ether oxygens (including phenoxy) is 1. The van der Waals surface area contributed by atoms with Crippen molar-refractivity contribution in [2.75, 3.05) is 13.7 Å². The number of para-hydroxylation sites is 1.